The lowest BCUT2D eigenvalue weighted by Crippen LogP contribution is -2.41. The maximum absolute atomic E-state index is 12.5. The van der Waals surface area contributed by atoms with E-state index in [1.807, 2.05) is 19.1 Å². The maximum Gasteiger partial charge on any atom is 0.224 e. The molecule has 0 bridgehead atoms. The Hall–Kier alpha value is -2.63. The van der Waals surface area contributed by atoms with Crippen molar-refractivity contribution in [2.24, 2.45) is 0 Å². The zero-order valence-corrected chi connectivity index (χ0v) is 14.6. The van der Waals surface area contributed by atoms with Crippen molar-refractivity contribution in [3.63, 3.8) is 0 Å². The Balaban J connectivity index is 1.44. The topological polar surface area (TPSA) is 73.0 Å². The quantitative estimate of drug-likeness (QED) is 0.793. The summed E-state index contributed by atoms with van der Waals surface area (Å²) in [6.07, 6.45) is 4.75. The van der Waals surface area contributed by atoms with Gasteiger partial charge in [0.25, 0.3) is 0 Å². The molecule has 1 atom stereocenters. The van der Waals surface area contributed by atoms with Gasteiger partial charge in [-0.05, 0) is 31.4 Å². The maximum atomic E-state index is 12.5. The fourth-order valence-corrected chi connectivity index (χ4v) is 3.52. The number of hydrogen-bond donors (Lipinski definition) is 1. The van der Waals surface area contributed by atoms with Gasteiger partial charge in [-0.15, -0.1) is 10.2 Å². The Morgan fingerprint density at radius 3 is 3.12 bits per heavy atom. The number of furan rings is 1. The van der Waals surface area contributed by atoms with Gasteiger partial charge in [-0.25, -0.2) is 0 Å². The summed E-state index contributed by atoms with van der Waals surface area (Å²) in [7, 11) is 0. The Labute approximate surface area is 146 Å². The van der Waals surface area contributed by atoms with Crippen molar-refractivity contribution in [3.05, 3.63) is 47.2 Å². The molecular weight excluding hydrogens is 316 g/mol. The summed E-state index contributed by atoms with van der Waals surface area (Å²) in [5.41, 5.74) is 3.02. The van der Waals surface area contributed by atoms with Gasteiger partial charge in [0.15, 0.2) is 0 Å². The number of hydrogen-bond acceptors (Lipinski definition) is 4. The smallest absolute Gasteiger partial charge is 0.224 e. The highest BCUT2D eigenvalue weighted by Crippen LogP contribution is 2.23. The molecule has 0 spiro atoms. The second kappa shape index (κ2) is 6.35. The minimum atomic E-state index is 0.0291. The highest BCUT2D eigenvalue weighted by Gasteiger charge is 2.23. The fourth-order valence-electron chi connectivity index (χ4n) is 3.52. The summed E-state index contributed by atoms with van der Waals surface area (Å²) in [5.74, 6) is 1.94. The highest BCUT2D eigenvalue weighted by molar-refractivity contribution is 5.88. The Bertz CT molecular complexity index is 925. The van der Waals surface area contributed by atoms with Crippen LogP contribution in [0.5, 0.6) is 0 Å². The molecule has 1 aliphatic heterocycles. The molecule has 3 aromatic rings. The van der Waals surface area contributed by atoms with Gasteiger partial charge in [-0.1, -0.05) is 19.1 Å². The third-order valence-corrected chi connectivity index (χ3v) is 4.98. The number of benzene rings is 1. The van der Waals surface area contributed by atoms with Crippen LogP contribution in [0, 0.1) is 6.92 Å². The first-order valence-electron chi connectivity index (χ1n) is 8.81. The lowest BCUT2D eigenvalue weighted by molar-refractivity contribution is -0.121. The van der Waals surface area contributed by atoms with Gasteiger partial charge in [-0.2, -0.15) is 0 Å². The number of carbonyl (C=O) groups is 1. The number of rotatable bonds is 4. The molecule has 6 heteroatoms. The van der Waals surface area contributed by atoms with Crippen LogP contribution < -0.4 is 5.32 Å². The van der Waals surface area contributed by atoms with E-state index in [0.29, 0.717) is 6.42 Å². The third-order valence-electron chi connectivity index (χ3n) is 4.98. The van der Waals surface area contributed by atoms with Gasteiger partial charge in [0.1, 0.15) is 17.2 Å². The number of fused-ring (bicyclic) bond motifs is 2. The zero-order chi connectivity index (χ0) is 17.4. The number of carbonyl (C=O) groups excluding carboxylic acids is 1. The summed E-state index contributed by atoms with van der Waals surface area (Å²) < 4.78 is 7.72. The lowest BCUT2D eigenvalue weighted by Gasteiger charge is -2.24. The van der Waals surface area contributed by atoms with Crippen LogP contribution in [0.1, 0.15) is 36.1 Å². The molecule has 6 nitrogen and oxygen atoms in total. The minimum absolute atomic E-state index is 0.0291. The fraction of sp³-hybridized carbons (Fsp3) is 0.421. The van der Waals surface area contributed by atoms with Crippen LogP contribution in [0.15, 0.2) is 28.9 Å². The van der Waals surface area contributed by atoms with Gasteiger partial charge in [0.05, 0.1) is 12.7 Å². The van der Waals surface area contributed by atoms with Crippen molar-refractivity contribution >= 4 is 16.9 Å². The van der Waals surface area contributed by atoms with Crippen molar-refractivity contribution in [2.45, 2.75) is 52.1 Å². The molecule has 0 radical (unpaired) electrons. The van der Waals surface area contributed by atoms with E-state index in [9.17, 15) is 4.79 Å². The molecule has 1 aromatic carbocycles. The van der Waals surface area contributed by atoms with Gasteiger partial charge in [0.2, 0.25) is 5.91 Å². The molecule has 1 unspecified atom stereocenters. The molecule has 2 aromatic heterocycles. The Morgan fingerprint density at radius 1 is 1.40 bits per heavy atom. The summed E-state index contributed by atoms with van der Waals surface area (Å²) in [5, 5.41) is 12.4. The molecule has 0 saturated carbocycles. The van der Waals surface area contributed by atoms with Crippen LogP contribution in [0.25, 0.3) is 11.0 Å². The summed E-state index contributed by atoms with van der Waals surface area (Å²) >= 11 is 0. The van der Waals surface area contributed by atoms with Crippen LogP contribution in [-0.2, 0) is 30.6 Å². The molecule has 3 heterocycles. The van der Waals surface area contributed by atoms with Crippen LogP contribution in [0.3, 0.4) is 0 Å². The van der Waals surface area contributed by atoms with Gasteiger partial charge in [-0.3, -0.25) is 4.79 Å². The summed E-state index contributed by atoms with van der Waals surface area (Å²) in [6.45, 7) is 4.81. The number of nitrogens with one attached hydrogen (secondary N) is 1. The van der Waals surface area contributed by atoms with E-state index in [-0.39, 0.29) is 11.9 Å². The Kier molecular flexibility index (Phi) is 4.03. The standard InChI is InChI=1S/C19H22N4O2/c1-3-13-4-6-16-14(11-25-17(16)8-13)9-19(24)20-15-5-7-18-22-21-12(2)23(18)10-15/h4,6,8,11,15H,3,5,7,9-10H2,1-2H3,(H,20,24). The average Bonchev–Trinajstić information content (AvgIpc) is 3.18. The predicted molar refractivity (Wildman–Crippen MR) is 94.3 cm³/mol. The number of aromatic nitrogens is 3. The molecule has 25 heavy (non-hydrogen) atoms. The van der Waals surface area contributed by atoms with E-state index in [0.717, 1.165) is 54.0 Å². The Morgan fingerprint density at radius 2 is 2.28 bits per heavy atom. The van der Waals surface area contributed by atoms with Gasteiger partial charge < -0.3 is 14.3 Å². The first-order valence-corrected chi connectivity index (χ1v) is 8.81. The first kappa shape index (κ1) is 15.9. The van der Waals surface area contributed by atoms with Crippen molar-refractivity contribution in [1.29, 1.82) is 0 Å². The second-order valence-corrected chi connectivity index (χ2v) is 6.70. The van der Waals surface area contributed by atoms with E-state index in [1.165, 1.54) is 5.56 Å². The van der Waals surface area contributed by atoms with Crippen molar-refractivity contribution in [3.8, 4) is 0 Å². The van der Waals surface area contributed by atoms with Crippen molar-refractivity contribution in [1.82, 2.24) is 20.1 Å². The van der Waals surface area contributed by atoms with Crippen molar-refractivity contribution < 1.29 is 9.21 Å². The van der Waals surface area contributed by atoms with Crippen LogP contribution in [0.4, 0.5) is 0 Å². The second-order valence-electron chi connectivity index (χ2n) is 6.70. The van der Waals surface area contributed by atoms with Gasteiger partial charge >= 0.3 is 0 Å². The van der Waals surface area contributed by atoms with E-state index in [4.69, 9.17) is 4.42 Å². The zero-order valence-electron chi connectivity index (χ0n) is 14.6. The molecule has 1 amide bonds. The molecule has 0 fully saturated rings. The highest BCUT2D eigenvalue weighted by atomic mass is 16.3. The molecule has 130 valence electrons. The first-order chi connectivity index (χ1) is 12.1. The van der Waals surface area contributed by atoms with Gasteiger partial charge in [0, 0.05) is 30.0 Å². The normalized spacial score (nSPS) is 16.8. The monoisotopic (exact) mass is 338 g/mol. The molecule has 1 aliphatic rings. The predicted octanol–water partition coefficient (Wildman–Crippen LogP) is 2.57. The molecule has 0 saturated heterocycles. The SMILES string of the molecule is CCc1ccc2c(CC(=O)NC3CCc4nnc(C)n4C3)coc2c1. The average molecular weight is 338 g/mol. The third kappa shape index (κ3) is 3.04. The summed E-state index contributed by atoms with van der Waals surface area (Å²) in [6, 6.07) is 6.32. The van der Waals surface area contributed by atoms with E-state index < -0.39 is 0 Å². The van der Waals surface area contributed by atoms with Crippen LogP contribution >= 0.6 is 0 Å². The largest absolute Gasteiger partial charge is 0.464 e. The molecule has 0 aliphatic carbocycles. The molecule has 4 rings (SSSR count). The summed E-state index contributed by atoms with van der Waals surface area (Å²) in [4.78, 5) is 12.5. The lowest BCUT2D eigenvalue weighted by atomic mass is 10.0. The number of aryl methyl sites for hydroxylation is 3. The number of nitrogens with zero attached hydrogens (tertiary/aromatic N) is 3. The molecule has 1 N–H and O–H groups in total. The van der Waals surface area contributed by atoms with E-state index in [2.05, 4.69) is 33.1 Å². The van der Waals surface area contributed by atoms with E-state index in [1.54, 1.807) is 6.26 Å². The van der Waals surface area contributed by atoms with E-state index >= 15 is 0 Å². The van der Waals surface area contributed by atoms with Crippen LogP contribution in [-0.4, -0.2) is 26.7 Å². The van der Waals surface area contributed by atoms with Crippen LogP contribution in [0.2, 0.25) is 0 Å². The number of amides is 1. The minimum Gasteiger partial charge on any atom is -0.464 e. The van der Waals surface area contributed by atoms with Crippen molar-refractivity contribution in [2.75, 3.05) is 0 Å². The molecular formula is C19H22N4O2.